The van der Waals surface area contributed by atoms with Gasteiger partial charge in [0.15, 0.2) is 0 Å². The third-order valence-electron chi connectivity index (χ3n) is 8.19. The lowest BCUT2D eigenvalue weighted by Crippen LogP contribution is -2.24. The fourth-order valence-corrected chi connectivity index (χ4v) is 6.91. The van der Waals surface area contributed by atoms with E-state index in [1.165, 1.54) is 12.0 Å². The van der Waals surface area contributed by atoms with Crippen molar-refractivity contribution in [1.82, 2.24) is 4.98 Å². The van der Waals surface area contributed by atoms with Gasteiger partial charge in [-0.05, 0) is 72.1 Å². The fourth-order valence-electron chi connectivity index (χ4n) is 6.15. The Balaban J connectivity index is 1.38. The normalized spacial score (nSPS) is 12.1. The number of carbonyl (C=O) groups excluding carboxylic acids is 1. The number of hydrogen-bond donors (Lipinski definition) is 0. The van der Waals surface area contributed by atoms with Crippen LogP contribution in [-0.2, 0) is 4.74 Å². The van der Waals surface area contributed by atoms with Gasteiger partial charge in [0.05, 0.1) is 52.3 Å². The van der Waals surface area contributed by atoms with Gasteiger partial charge in [0.25, 0.3) is 0 Å². The van der Waals surface area contributed by atoms with Gasteiger partial charge in [-0.15, -0.1) is 11.3 Å². The van der Waals surface area contributed by atoms with Gasteiger partial charge in [0, 0.05) is 27.1 Å². The molecule has 1 aliphatic heterocycles. The van der Waals surface area contributed by atoms with Crippen LogP contribution >= 0.6 is 11.3 Å². The average molecular weight is 602 g/mol. The number of carbonyl (C=O) groups is 1. The second-order valence-corrected chi connectivity index (χ2v) is 11.7. The van der Waals surface area contributed by atoms with Crippen molar-refractivity contribution in [1.29, 1.82) is 0 Å². The molecule has 0 bridgehead atoms. The number of para-hydroxylation sites is 6. The minimum absolute atomic E-state index is 0.360. The zero-order chi connectivity index (χ0) is 30.3. The van der Waals surface area contributed by atoms with Crippen molar-refractivity contribution in [2.24, 2.45) is 0 Å². The Morgan fingerprint density at radius 3 is 1.89 bits per heavy atom. The molecule has 0 aliphatic carbocycles. The molecule has 5 aromatic carbocycles. The first-order valence-corrected chi connectivity index (χ1v) is 15.6. The molecule has 5 nitrogen and oxygen atoms in total. The molecule has 0 N–H and O–H groups in total. The Kier molecular flexibility index (Phi) is 6.62. The van der Waals surface area contributed by atoms with E-state index in [4.69, 9.17) is 9.72 Å². The van der Waals surface area contributed by atoms with Crippen LogP contribution in [0.25, 0.3) is 32.6 Å². The molecule has 0 atom stereocenters. The number of methoxy groups -OCH3 is 1. The summed E-state index contributed by atoms with van der Waals surface area (Å²) in [5, 5.41) is 3.18. The zero-order valence-electron chi connectivity index (χ0n) is 24.4. The lowest BCUT2D eigenvalue weighted by molar-refractivity contribution is 0.0600. The standard InChI is InChI=1S/C39H27N3O2S/c1-44-39(43)27-22-20-26(21-23-27)31-25-30(37-19-10-24-45-37)29-13-9-18-36(38(29)40-31)42-34-16-7-5-14-32(34)41(28-11-3-2-4-12-28)33-15-6-8-17-35(33)42/h2-25H,1H3. The number of hydrogen-bond acceptors (Lipinski definition) is 6. The van der Waals surface area contributed by atoms with Crippen molar-refractivity contribution < 1.29 is 9.53 Å². The van der Waals surface area contributed by atoms with Crippen LogP contribution < -0.4 is 9.80 Å². The van der Waals surface area contributed by atoms with E-state index in [-0.39, 0.29) is 5.97 Å². The molecule has 0 unspecified atom stereocenters. The van der Waals surface area contributed by atoms with Crippen molar-refractivity contribution in [3.63, 3.8) is 0 Å². The lowest BCUT2D eigenvalue weighted by atomic mass is 9.99. The summed E-state index contributed by atoms with van der Waals surface area (Å²) in [6.07, 6.45) is 0. The smallest absolute Gasteiger partial charge is 0.337 e. The number of rotatable bonds is 5. The third-order valence-corrected chi connectivity index (χ3v) is 9.09. The van der Waals surface area contributed by atoms with Crippen LogP contribution in [0.3, 0.4) is 0 Å². The summed E-state index contributed by atoms with van der Waals surface area (Å²) >= 11 is 1.71. The first kappa shape index (κ1) is 26.9. The monoisotopic (exact) mass is 601 g/mol. The highest BCUT2D eigenvalue weighted by molar-refractivity contribution is 7.13. The molecule has 8 rings (SSSR count). The average Bonchev–Trinajstić information content (AvgIpc) is 3.65. The number of fused-ring (bicyclic) bond motifs is 3. The number of anilines is 6. The molecule has 6 heteroatoms. The number of aromatic nitrogens is 1. The second kappa shape index (κ2) is 11.1. The predicted octanol–water partition coefficient (Wildman–Crippen LogP) is 10.7. The maximum absolute atomic E-state index is 12.1. The topological polar surface area (TPSA) is 45.7 Å². The second-order valence-electron chi connectivity index (χ2n) is 10.8. The number of benzene rings is 5. The van der Waals surface area contributed by atoms with E-state index < -0.39 is 0 Å². The van der Waals surface area contributed by atoms with Crippen LogP contribution in [0.1, 0.15) is 10.4 Å². The van der Waals surface area contributed by atoms with E-state index in [1.54, 1.807) is 23.5 Å². The number of nitrogens with zero attached hydrogens (tertiary/aromatic N) is 3. The van der Waals surface area contributed by atoms with E-state index in [9.17, 15) is 4.79 Å². The third kappa shape index (κ3) is 4.55. The predicted molar refractivity (Wildman–Crippen MR) is 185 cm³/mol. The number of pyridine rings is 1. The molecule has 216 valence electrons. The van der Waals surface area contributed by atoms with Gasteiger partial charge in [0.2, 0.25) is 0 Å². The summed E-state index contributed by atoms with van der Waals surface area (Å²) in [5.74, 6) is -0.360. The summed E-state index contributed by atoms with van der Waals surface area (Å²) in [6.45, 7) is 0. The minimum Gasteiger partial charge on any atom is -0.465 e. The molecule has 3 heterocycles. The van der Waals surface area contributed by atoms with Crippen molar-refractivity contribution >= 4 is 62.3 Å². The maximum Gasteiger partial charge on any atom is 0.337 e. The van der Waals surface area contributed by atoms with Crippen LogP contribution in [0.15, 0.2) is 145 Å². The molecular weight excluding hydrogens is 575 g/mol. The highest BCUT2D eigenvalue weighted by atomic mass is 32.1. The highest BCUT2D eigenvalue weighted by Gasteiger charge is 2.31. The Labute approximate surface area is 265 Å². The van der Waals surface area contributed by atoms with E-state index in [1.807, 2.05) is 18.2 Å². The van der Waals surface area contributed by atoms with Gasteiger partial charge in [0.1, 0.15) is 0 Å². The summed E-state index contributed by atoms with van der Waals surface area (Å²) in [6, 6.07) is 47.8. The Morgan fingerprint density at radius 2 is 1.27 bits per heavy atom. The summed E-state index contributed by atoms with van der Waals surface area (Å²) < 4.78 is 4.92. The van der Waals surface area contributed by atoms with Crippen molar-refractivity contribution in [2.75, 3.05) is 16.9 Å². The molecule has 1 aliphatic rings. The van der Waals surface area contributed by atoms with E-state index in [0.717, 1.165) is 61.8 Å². The van der Waals surface area contributed by atoms with Crippen LogP contribution in [0.4, 0.5) is 34.1 Å². The van der Waals surface area contributed by atoms with Crippen LogP contribution in [-0.4, -0.2) is 18.1 Å². The Bertz CT molecular complexity index is 2130. The Hall–Kier alpha value is -5.72. The van der Waals surface area contributed by atoms with E-state index >= 15 is 0 Å². The quantitative estimate of drug-likeness (QED) is 0.184. The van der Waals surface area contributed by atoms with Gasteiger partial charge in [-0.1, -0.05) is 72.8 Å². The van der Waals surface area contributed by atoms with Gasteiger partial charge in [-0.25, -0.2) is 9.78 Å². The van der Waals surface area contributed by atoms with E-state index in [0.29, 0.717) is 5.56 Å². The molecule has 0 saturated heterocycles. The fraction of sp³-hybridized carbons (Fsp3) is 0.0256. The lowest BCUT2D eigenvalue weighted by Gasteiger charge is -2.40. The van der Waals surface area contributed by atoms with Gasteiger partial charge >= 0.3 is 5.97 Å². The number of esters is 1. The molecule has 0 spiro atoms. The maximum atomic E-state index is 12.1. The first-order chi connectivity index (χ1) is 22.2. The van der Waals surface area contributed by atoms with Gasteiger partial charge in [-0.2, -0.15) is 0 Å². The van der Waals surface area contributed by atoms with Crippen molar-refractivity contribution in [2.45, 2.75) is 0 Å². The SMILES string of the molecule is COC(=O)c1ccc(-c2cc(-c3cccs3)c3cccc(N4c5ccccc5N(c5ccccc5)c5ccccc54)c3n2)cc1. The molecule has 0 radical (unpaired) electrons. The van der Waals surface area contributed by atoms with Gasteiger partial charge < -0.3 is 14.5 Å². The van der Waals surface area contributed by atoms with Crippen LogP contribution in [0.2, 0.25) is 0 Å². The molecule has 45 heavy (non-hydrogen) atoms. The summed E-state index contributed by atoms with van der Waals surface area (Å²) in [7, 11) is 1.39. The molecule has 2 aromatic heterocycles. The molecule has 7 aromatic rings. The zero-order valence-corrected chi connectivity index (χ0v) is 25.2. The first-order valence-electron chi connectivity index (χ1n) is 14.7. The van der Waals surface area contributed by atoms with Crippen molar-refractivity contribution in [3.8, 4) is 21.7 Å². The minimum atomic E-state index is -0.360. The number of ether oxygens (including phenoxy) is 1. The molecular formula is C39H27N3O2S. The molecule has 0 saturated carbocycles. The number of thiophene rings is 1. The van der Waals surface area contributed by atoms with Gasteiger partial charge in [-0.3, -0.25) is 0 Å². The Morgan fingerprint density at radius 1 is 0.644 bits per heavy atom. The van der Waals surface area contributed by atoms with E-state index in [2.05, 4.69) is 124 Å². The van der Waals surface area contributed by atoms with Crippen LogP contribution in [0.5, 0.6) is 0 Å². The highest BCUT2D eigenvalue weighted by Crippen LogP contribution is 2.55. The molecule has 0 amide bonds. The van der Waals surface area contributed by atoms with Crippen LogP contribution in [0, 0.1) is 0 Å². The van der Waals surface area contributed by atoms with Crippen molar-refractivity contribution in [3.05, 3.63) is 150 Å². The largest absolute Gasteiger partial charge is 0.465 e. The summed E-state index contributed by atoms with van der Waals surface area (Å²) in [4.78, 5) is 23.3. The summed E-state index contributed by atoms with van der Waals surface area (Å²) in [5.41, 5.74) is 10.7. The molecule has 0 fully saturated rings.